The summed E-state index contributed by atoms with van der Waals surface area (Å²) < 4.78 is 5.76. The quantitative estimate of drug-likeness (QED) is 0.720. The average Bonchev–Trinajstić information content (AvgIpc) is 3.01. The fourth-order valence-electron chi connectivity index (χ4n) is 2.57. The van der Waals surface area contributed by atoms with Crippen LogP contribution < -0.4 is 10.1 Å². The Morgan fingerprint density at radius 1 is 1.24 bits per heavy atom. The van der Waals surface area contributed by atoms with Gasteiger partial charge in [-0.1, -0.05) is 23.7 Å². The molecular weight excluding hydrogens is 338 g/mol. The maximum absolute atomic E-state index is 12.4. The number of halogens is 1. The lowest BCUT2D eigenvalue weighted by molar-refractivity contribution is -0.128. The maximum atomic E-state index is 12.4. The number of fused-ring (bicyclic) bond motifs is 1. The zero-order valence-corrected chi connectivity index (χ0v) is 15.1. The molecule has 6 heteroatoms. The number of hydrogen-bond donors (Lipinski definition) is 2. The van der Waals surface area contributed by atoms with Gasteiger partial charge in [0.1, 0.15) is 11.6 Å². The van der Waals surface area contributed by atoms with Crippen molar-refractivity contribution in [3.8, 4) is 5.75 Å². The standard InChI is InChI=1S/C19H20ClN3O2/c1-11-10-14(20)8-9-17(11)25-13(3)19(24)21-12(2)18-22-15-6-4-5-7-16(15)23-18/h4-10,12-13H,1-3H3,(H,21,24)(H,22,23). The van der Waals surface area contributed by atoms with Gasteiger partial charge >= 0.3 is 0 Å². The first-order chi connectivity index (χ1) is 11.9. The molecule has 2 aromatic carbocycles. The topological polar surface area (TPSA) is 67.0 Å². The highest BCUT2D eigenvalue weighted by atomic mass is 35.5. The van der Waals surface area contributed by atoms with E-state index in [-0.39, 0.29) is 11.9 Å². The molecule has 3 aromatic rings. The lowest BCUT2D eigenvalue weighted by Crippen LogP contribution is -2.38. The van der Waals surface area contributed by atoms with Crippen molar-refractivity contribution in [1.29, 1.82) is 0 Å². The second kappa shape index (κ2) is 7.15. The number of rotatable bonds is 5. The largest absolute Gasteiger partial charge is 0.481 e. The SMILES string of the molecule is Cc1cc(Cl)ccc1OC(C)C(=O)NC(C)c1nc2ccccc2[nH]1. The minimum Gasteiger partial charge on any atom is -0.481 e. The van der Waals surface area contributed by atoms with E-state index in [1.165, 1.54) is 0 Å². The minimum absolute atomic E-state index is 0.206. The van der Waals surface area contributed by atoms with Crippen molar-refractivity contribution in [3.05, 3.63) is 58.9 Å². The van der Waals surface area contributed by atoms with Crippen LogP contribution in [0, 0.1) is 6.92 Å². The monoisotopic (exact) mass is 357 g/mol. The Balaban J connectivity index is 1.66. The summed E-state index contributed by atoms with van der Waals surface area (Å²) in [5, 5.41) is 3.56. The van der Waals surface area contributed by atoms with Crippen molar-refractivity contribution < 1.29 is 9.53 Å². The molecule has 1 heterocycles. The Morgan fingerprint density at radius 3 is 2.72 bits per heavy atom. The first-order valence-corrected chi connectivity index (χ1v) is 8.49. The second-order valence-electron chi connectivity index (χ2n) is 6.04. The summed E-state index contributed by atoms with van der Waals surface area (Å²) in [7, 11) is 0. The molecule has 0 fully saturated rings. The first kappa shape index (κ1) is 17.3. The lowest BCUT2D eigenvalue weighted by atomic mass is 10.2. The molecule has 0 spiro atoms. The number of nitrogens with zero attached hydrogens (tertiary/aromatic N) is 1. The molecule has 25 heavy (non-hydrogen) atoms. The van der Waals surface area contributed by atoms with E-state index in [4.69, 9.17) is 16.3 Å². The molecule has 5 nitrogen and oxygen atoms in total. The van der Waals surface area contributed by atoms with Gasteiger partial charge in [0.05, 0.1) is 17.1 Å². The predicted molar refractivity (Wildman–Crippen MR) is 98.9 cm³/mol. The van der Waals surface area contributed by atoms with Gasteiger partial charge in [-0.05, 0) is 56.7 Å². The molecule has 2 N–H and O–H groups in total. The first-order valence-electron chi connectivity index (χ1n) is 8.12. The van der Waals surface area contributed by atoms with Gasteiger partial charge in [0.25, 0.3) is 5.91 Å². The van der Waals surface area contributed by atoms with Crippen molar-refractivity contribution in [3.63, 3.8) is 0 Å². The number of para-hydroxylation sites is 2. The van der Waals surface area contributed by atoms with E-state index in [0.29, 0.717) is 16.6 Å². The Labute approximate surface area is 151 Å². The molecule has 2 unspecified atom stereocenters. The lowest BCUT2D eigenvalue weighted by Gasteiger charge is -2.18. The third-order valence-electron chi connectivity index (χ3n) is 3.99. The summed E-state index contributed by atoms with van der Waals surface area (Å²) in [6.07, 6.45) is -0.633. The highest BCUT2D eigenvalue weighted by Gasteiger charge is 2.20. The molecule has 1 amide bonds. The molecule has 0 aliphatic carbocycles. The zero-order chi connectivity index (χ0) is 18.0. The number of aromatic amines is 1. The number of benzene rings is 2. The van der Waals surface area contributed by atoms with Crippen LogP contribution in [0.15, 0.2) is 42.5 Å². The third kappa shape index (κ3) is 3.94. The van der Waals surface area contributed by atoms with Gasteiger partial charge in [0, 0.05) is 5.02 Å². The number of hydrogen-bond acceptors (Lipinski definition) is 3. The van der Waals surface area contributed by atoms with Gasteiger partial charge in [-0.25, -0.2) is 4.98 Å². The van der Waals surface area contributed by atoms with Gasteiger partial charge in [0.2, 0.25) is 0 Å². The molecule has 130 valence electrons. The Bertz CT molecular complexity index is 874. The van der Waals surface area contributed by atoms with Gasteiger partial charge in [-0.3, -0.25) is 4.79 Å². The van der Waals surface area contributed by atoms with E-state index in [0.717, 1.165) is 16.6 Å². The number of aromatic nitrogens is 2. The van der Waals surface area contributed by atoms with Crippen LogP contribution in [-0.2, 0) is 4.79 Å². The number of carbonyl (C=O) groups excluding carboxylic acids is 1. The van der Waals surface area contributed by atoms with Crippen LogP contribution >= 0.6 is 11.6 Å². The smallest absolute Gasteiger partial charge is 0.261 e. The molecule has 0 saturated heterocycles. The summed E-state index contributed by atoms with van der Waals surface area (Å²) in [6.45, 7) is 5.49. The molecule has 0 aliphatic heterocycles. The average molecular weight is 358 g/mol. The van der Waals surface area contributed by atoms with Crippen LogP contribution in [-0.4, -0.2) is 22.0 Å². The third-order valence-corrected chi connectivity index (χ3v) is 4.22. The van der Waals surface area contributed by atoms with Crippen LogP contribution in [0.25, 0.3) is 11.0 Å². The van der Waals surface area contributed by atoms with Gasteiger partial charge in [-0.2, -0.15) is 0 Å². The second-order valence-corrected chi connectivity index (χ2v) is 6.48. The number of imidazole rings is 1. The van der Waals surface area contributed by atoms with E-state index in [1.54, 1.807) is 25.1 Å². The molecule has 1 aromatic heterocycles. The number of aryl methyl sites for hydroxylation is 1. The van der Waals surface area contributed by atoms with E-state index in [2.05, 4.69) is 15.3 Å². The number of amides is 1. The van der Waals surface area contributed by atoms with Gasteiger partial charge < -0.3 is 15.0 Å². The van der Waals surface area contributed by atoms with Crippen LogP contribution in [0.3, 0.4) is 0 Å². The molecular formula is C19H20ClN3O2. The van der Waals surface area contributed by atoms with Crippen molar-refractivity contribution in [1.82, 2.24) is 15.3 Å². The summed E-state index contributed by atoms with van der Waals surface area (Å²) in [5.74, 6) is 1.15. The highest BCUT2D eigenvalue weighted by molar-refractivity contribution is 6.30. The number of ether oxygens (including phenoxy) is 1. The summed E-state index contributed by atoms with van der Waals surface area (Å²) >= 11 is 5.94. The Hall–Kier alpha value is -2.53. The fraction of sp³-hybridized carbons (Fsp3) is 0.263. The van der Waals surface area contributed by atoms with Crippen molar-refractivity contribution in [2.75, 3.05) is 0 Å². The number of nitrogens with one attached hydrogen (secondary N) is 2. The summed E-state index contributed by atoms with van der Waals surface area (Å²) in [5.41, 5.74) is 2.71. The van der Waals surface area contributed by atoms with Crippen LogP contribution in [0.1, 0.15) is 31.3 Å². The molecule has 0 bridgehead atoms. The van der Waals surface area contributed by atoms with Crippen LogP contribution in [0.5, 0.6) is 5.75 Å². The van der Waals surface area contributed by atoms with Gasteiger partial charge in [-0.15, -0.1) is 0 Å². The molecule has 3 rings (SSSR count). The highest BCUT2D eigenvalue weighted by Crippen LogP contribution is 2.23. The van der Waals surface area contributed by atoms with E-state index < -0.39 is 6.10 Å². The zero-order valence-electron chi connectivity index (χ0n) is 14.3. The summed E-state index contributed by atoms with van der Waals surface area (Å²) in [4.78, 5) is 20.2. The van der Waals surface area contributed by atoms with Gasteiger partial charge in [0.15, 0.2) is 6.10 Å². The maximum Gasteiger partial charge on any atom is 0.261 e. The molecule has 0 radical (unpaired) electrons. The van der Waals surface area contributed by atoms with Crippen molar-refractivity contribution >= 4 is 28.5 Å². The Morgan fingerprint density at radius 2 is 2.00 bits per heavy atom. The predicted octanol–water partition coefficient (Wildman–Crippen LogP) is 4.17. The normalized spacial score (nSPS) is 13.4. The molecule has 0 aliphatic rings. The van der Waals surface area contributed by atoms with Crippen molar-refractivity contribution in [2.45, 2.75) is 32.9 Å². The van der Waals surface area contributed by atoms with Crippen LogP contribution in [0.2, 0.25) is 5.02 Å². The molecule has 2 atom stereocenters. The minimum atomic E-state index is -0.633. The van der Waals surface area contributed by atoms with Crippen molar-refractivity contribution in [2.24, 2.45) is 0 Å². The number of H-pyrrole nitrogens is 1. The van der Waals surface area contributed by atoms with E-state index in [9.17, 15) is 4.79 Å². The number of carbonyl (C=O) groups is 1. The van der Waals surface area contributed by atoms with Crippen LogP contribution in [0.4, 0.5) is 0 Å². The summed E-state index contributed by atoms with van der Waals surface area (Å²) in [6, 6.07) is 12.8. The van der Waals surface area contributed by atoms with E-state index >= 15 is 0 Å². The Kier molecular flexibility index (Phi) is 4.95. The fourth-order valence-corrected chi connectivity index (χ4v) is 2.79. The van der Waals surface area contributed by atoms with E-state index in [1.807, 2.05) is 38.1 Å². The molecule has 0 saturated carbocycles.